The van der Waals surface area contributed by atoms with Crippen molar-refractivity contribution < 1.29 is 0 Å². The summed E-state index contributed by atoms with van der Waals surface area (Å²) in [5.41, 5.74) is 10.1. The van der Waals surface area contributed by atoms with E-state index in [2.05, 4.69) is 30.7 Å². The summed E-state index contributed by atoms with van der Waals surface area (Å²) in [4.78, 5) is 9.07. The SMILES string of the molecule is CC(C)C(c1ncnc2c1CCCCC2)C(C)N. The van der Waals surface area contributed by atoms with Crippen molar-refractivity contribution in [3.8, 4) is 0 Å². The number of nitrogens with zero attached hydrogens (tertiary/aromatic N) is 2. The van der Waals surface area contributed by atoms with Crippen LogP contribution in [-0.2, 0) is 12.8 Å². The molecule has 1 aromatic rings. The maximum atomic E-state index is 6.18. The van der Waals surface area contributed by atoms with E-state index in [1.807, 2.05) is 0 Å². The number of fused-ring (bicyclic) bond motifs is 1. The van der Waals surface area contributed by atoms with Gasteiger partial charge in [-0.25, -0.2) is 9.97 Å². The van der Waals surface area contributed by atoms with Crippen LogP contribution in [0.4, 0.5) is 0 Å². The van der Waals surface area contributed by atoms with Crippen molar-refractivity contribution in [1.82, 2.24) is 9.97 Å². The molecule has 1 heterocycles. The minimum Gasteiger partial charge on any atom is -0.327 e. The molecule has 3 heteroatoms. The number of nitrogens with two attached hydrogens (primary N) is 1. The first-order valence-electron chi connectivity index (χ1n) is 7.19. The number of aromatic nitrogens is 2. The number of hydrogen-bond donors (Lipinski definition) is 1. The Hall–Kier alpha value is -0.960. The van der Waals surface area contributed by atoms with Crippen LogP contribution in [0, 0.1) is 5.92 Å². The van der Waals surface area contributed by atoms with Gasteiger partial charge in [0.15, 0.2) is 0 Å². The van der Waals surface area contributed by atoms with Crippen molar-refractivity contribution in [2.24, 2.45) is 11.7 Å². The predicted molar refractivity (Wildman–Crippen MR) is 74.5 cm³/mol. The van der Waals surface area contributed by atoms with Crippen molar-refractivity contribution in [2.75, 3.05) is 0 Å². The van der Waals surface area contributed by atoms with E-state index >= 15 is 0 Å². The zero-order valence-electron chi connectivity index (χ0n) is 11.8. The van der Waals surface area contributed by atoms with Crippen LogP contribution in [0.3, 0.4) is 0 Å². The van der Waals surface area contributed by atoms with Crippen LogP contribution in [0.2, 0.25) is 0 Å². The van der Waals surface area contributed by atoms with E-state index in [1.165, 1.54) is 36.2 Å². The Labute approximate surface area is 110 Å². The number of hydrogen-bond acceptors (Lipinski definition) is 3. The molecule has 18 heavy (non-hydrogen) atoms. The van der Waals surface area contributed by atoms with E-state index in [1.54, 1.807) is 6.33 Å². The molecule has 3 nitrogen and oxygen atoms in total. The van der Waals surface area contributed by atoms with Gasteiger partial charge in [0, 0.05) is 17.7 Å². The molecule has 1 aliphatic carbocycles. The van der Waals surface area contributed by atoms with E-state index in [0.29, 0.717) is 11.8 Å². The molecule has 100 valence electrons. The zero-order chi connectivity index (χ0) is 13.1. The predicted octanol–water partition coefficient (Wildman–Crippen LogP) is 2.83. The molecule has 0 amide bonds. The van der Waals surface area contributed by atoms with Crippen LogP contribution in [0.25, 0.3) is 0 Å². The Bertz CT molecular complexity index is 391. The highest BCUT2D eigenvalue weighted by atomic mass is 14.9. The molecule has 0 fully saturated rings. The summed E-state index contributed by atoms with van der Waals surface area (Å²) in [5.74, 6) is 0.868. The fourth-order valence-corrected chi connectivity index (χ4v) is 3.18. The lowest BCUT2D eigenvalue weighted by Crippen LogP contribution is -2.30. The number of aryl methyl sites for hydroxylation is 1. The van der Waals surface area contributed by atoms with Crippen LogP contribution in [0.1, 0.15) is 62.9 Å². The molecule has 2 N–H and O–H groups in total. The van der Waals surface area contributed by atoms with E-state index in [9.17, 15) is 0 Å². The maximum Gasteiger partial charge on any atom is 0.115 e. The first-order valence-corrected chi connectivity index (χ1v) is 7.19. The topological polar surface area (TPSA) is 51.8 Å². The second-order valence-electron chi connectivity index (χ2n) is 5.87. The third kappa shape index (κ3) is 2.72. The van der Waals surface area contributed by atoms with Crippen LogP contribution in [-0.4, -0.2) is 16.0 Å². The van der Waals surface area contributed by atoms with E-state index in [0.717, 1.165) is 12.8 Å². The fourth-order valence-electron chi connectivity index (χ4n) is 3.18. The van der Waals surface area contributed by atoms with E-state index in [4.69, 9.17) is 5.73 Å². The average Bonchev–Trinajstić information content (AvgIpc) is 2.53. The molecule has 0 aromatic carbocycles. The van der Waals surface area contributed by atoms with E-state index < -0.39 is 0 Å². The van der Waals surface area contributed by atoms with Gasteiger partial charge in [-0.2, -0.15) is 0 Å². The molecular formula is C15H25N3. The number of rotatable bonds is 3. The molecular weight excluding hydrogens is 222 g/mol. The Balaban J connectivity index is 2.43. The second kappa shape index (κ2) is 5.79. The molecule has 0 saturated carbocycles. The van der Waals surface area contributed by atoms with Crippen molar-refractivity contribution in [2.45, 2.75) is 64.8 Å². The van der Waals surface area contributed by atoms with Gasteiger partial charge in [0.2, 0.25) is 0 Å². The Morgan fingerprint density at radius 3 is 2.44 bits per heavy atom. The Morgan fingerprint density at radius 2 is 1.78 bits per heavy atom. The molecule has 0 saturated heterocycles. The monoisotopic (exact) mass is 247 g/mol. The molecule has 0 aliphatic heterocycles. The molecule has 1 aliphatic rings. The Kier molecular flexibility index (Phi) is 4.33. The van der Waals surface area contributed by atoms with Crippen LogP contribution < -0.4 is 5.73 Å². The maximum absolute atomic E-state index is 6.18. The van der Waals surface area contributed by atoms with Crippen molar-refractivity contribution >= 4 is 0 Å². The molecule has 0 bridgehead atoms. The quantitative estimate of drug-likeness (QED) is 0.836. The molecule has 2 unspecified atom stereocenters. The van der Waals surface area contributed by atoms with Gasteiger partial charge >= 0.3 is 0 Å². The molecule has 2 atom stereocenters. The summed E-state index contributed by atoms with van der Waals surface area (Å²) in [5, 5.41) is 0. The summed E-state index contributed by atoms with van der Waals surface area (Å²) in [6.45, 7) is 6.56. The zero-order valence-corrected chi connectivity index (χ0v) is 11.8. The highest BCUT2D eigenvalue weighted by Gasteiger charge is 2.26. The standard InChI is InChI=1S/C15H25N3/c1-10(2)14(11(3)16)15-12-7-5-4-6-8-13(12)17-9-18-15/h9-11,14H,4-8,16H2,1-3H3. The van der Waals surface area contributed by atoms with Gasteiger partial charge in [-0.05, 0) is 44.1 Å². The van der Waals surface area contributed by atoms with Gasteiger partial charge in [-0.1, -0.05) is 20.3 Å². The van der Waals surface area contributed by atoms with Crippen molar-refractivity contribution in [3.63, 3.8) is 0 Å². The molecule has 0 radical (unpaired) electrons. The second-order valence-corrected chi connectivity index (χ2v) is 5.87. The lowest BCUT2D eigenvalue weighted by atomic mass is 9.83. The highest BCUT2D eigenvalue weighted by Crippen LogP contribution is 2.31. The molecule has 0 spiro atoms. The minimum atomic E-state index is 0.146. The first kappa shape index (κ1) is 13.5. The van der Waals surface area contributed by atoms with Crippen LogP contribution in [0.15, 0.2) is 6.33 Å². The van der Waals surface area contributed by atoms with Gasteiger partial charge in [0.1, 0.15) is 6.33 Å². The molecule has 2 rings (SSSR count). The smallest absolute Gasteiger partial charge is 0.115 e. The van der Waals surface area contributed by atoms with E-state index in [-0.39, 0.29) is 6.04 Å². The fraction of sp³-hybridized carbons (Fsp3) is 0.733. The van der Waals surface area contributed by atoms with Crippen LogP contribution in [0.5, 0.6) is 0 Å². The first-order chi connectivity index (χ1) is 8.61. The Morgan fingerprint density at radius 1 is 1.06 bits per heavy atom. The third-order valence-corrected chi connectivity index (χ3v) is 4.01. The van der Waals surface area contributed by atoms with Gasteiger partial charge in [0.25, 0.3) is 0 Å². The summed E-state index contributed by atoms with van der Waals surface area (Å²) >= 11 is 0. The van der Waals surface area contributed by atoms with Gasteiger partial charge in [-0.15, -0.1) is 0 Å². The van der Waals surface area contributed by atoms with Gasteiger partial charge in [0.05, 0.1) is 5.69 Å². The third-order valence-electron chi connectivity index (χ3n) is 4.01. The lowest BCUT2D eigenvalue weighted by Gasteiger charge is -2.26. The highest BCUT2D eigenvalue weighted by molar-refractivity contribution is 5.30. The van der Waals surface area contributed by atoms with Crippen molar-refractivity contribution in [1.29, 1.82) is 0 Å². The van der Waals surface area contributed by atoms with Gasteiger partial charge in [-0.3, -0.25) is 0 Å². The summed E-state index contributed by atoms with van der Waals surface area (Å²) < 4.78 is 0. The molecule has 1 aromatic heterocycles. The van der Waals surface area contributed by atoms with Crippen molar-refractivity contribution in [3.05, 3.63) is 23.3 Å². The lowest BCUT2D eigenvalue weighted by molar-refractivity contribution is 0.422. The van der Waals surface area contributed by atoms with Gasteiger partial charge < -0.3 is 5.73 Å². The summed E-state index contributed by atoms with van der Waals surface area (Å²) in [6.07, 6.45) is 7.79. The van der Waals surface area contributed by atoms with Crippen LogP contribution >= 0.6 is 0 Å². The summed E-state index contributed by atoms with van der Waals surface area (Å²) in [6, 6.07) is 0.146. The summed E-state index contributed by atoms with van der Waals surface area (Å²) in [7, 11) is 0. The minimum absolute atomic E-state index is 0.146. The largest absolute Gasteiger partial charge is 0.327 e. The normalized spacial score (nSPS) is 19.2. The average molecular weight is 247 g/mol.